The van der Waals surface area contributed by atoms with Crippen LogP contribution >= 0.6 is 0 Å². The summed E-state index contributed by atoms with van der Waals surface area (Å²) in [7, 11) is 0. The summed E-state index contributed by atoms with van der Waals surface area (Å²) in [5, 5.41) is 0. The molecule has 1 fully saturated rings. The number of esters is 2. The molecule has 158 valence electrons. The predicted molar refractivity (Wildman–Crippen MR) is 112 cm³/mol. The van der Waals surface area contributed by atoms with Gasteiger partial charge in [0.15, 0.2) is 0 Å². The summed E-state index contributed by atoms with van der Waals surface area (Å²) in [5.74, 6) is -0.613. The first kappa shape index (κ1) is 24.2. The normalized spacial score (nSPS) is 20.9. The Morgan fingerprint density at radius 3 is 1.59 bits per heavy atom. The Balaban J connectivity index is 1.86. The van der Waals surface area contributed by atoms with Crippen molar-refractivity contribution in [2.45, 2.75) is 124 Å². The van der Waals surface area contributed by atoms with E-state index in [0.29, 0.717) is 5.92 Å². The summed E-state index contributed by atoms with van der Waals surface area (Å²) >= 11 is 0. The van der Waals surface area contributed by atoms with E-state index in [-0.39, 0.29) is 23.8 Å². The lowest BCUT2D eigenvalue weighted by Gasteiger charge is -2.15. The van der Waals surface area contributed by atoms with Crippen LogP contribution in [-0.2, 0) is 14.3 Å². The van der Waals surface area contributed by atoms with Crippen molar-refractivity contribution in [2.75, 3.05) is 0 Å². The molecule has 0 spiro atoms. The van der Waals surface area contributed by atoms with Crippen LogP contribution in [0.5, 0.6) is 0 Å². The maximum absolute atomic E-state index is 11.7. The van der Waals surface area contributed by atoms with Gasteiger partial charge >= 0.3 is 11.9 Å². The molecule has 0 aromatic rings. The van der Waals surface area contributed by atoms with Gasteiger partial charge in [-0.25, -0.2) is 0 Å². The minimum absolute atomic E-state index is 0.209. The second-order valence-electron chi connectivity index (χ2n) is 8.86. The molecule has 3 nitrogen and oxygen atoms in total. The van der Waals surface area contributed by atoms with E-state index in [4.69, 9.17) is 4.74 Å². The van der Waals surface area contributed by atoms with Crippen molar-refractivity contribution >= 4 is 11.9 Å². The third kappa shape index (κ3) is 10.9. The Morgan fingerprint density at radius 2 is 1.19 bits per heavy atom. The minimum Gasteiger partial charge on any atom is -0.393 e. The molecule has 3 heteroatoms. The van der Waals surface area contributed by atoms with E-state index in [1.54, 1.807) is 0 Å². The van der Waals surface area contributed by atoms with Gasteiger partial charge in [-0.1, -0.05) is 117 Å². The molecule has 0 amide bonds. The summed E-state index contributed by atoms with van der Waals surface area (Å²) in [6, 6.07) is 0. The van der Waals surface area contributed by atoms with Gasteiger partial charge in [-0.3, -0.25) is 9.59 Å². The molecule has 1 aliphatic heterocycles. The fourth-order valence-corrected chi connectivity index (χ4v) is 4.18. The summed E-state index contributed by atoms with van der Waals surface area (Å²) in [6.45, 7) is 6.29. The average molecular weight is 381 g/mol. The second-order valence-corrected chi connectivity index (χ2v) is 8.86. The highest BCUT2D eigenvalue weighted by Gasteiger charge is 2.41. The van der Waals surface area contributed by atoms with E-state index >= 15 is 0 Å². The lowest BCUT2D eigenvalue weighted by atomic mass is 9.85. The standard InChI is InChI=1S/C24H44O3/c1-4-5-6-7-8-9-10-11-12-13-14-15-16-17-18-20(2)19-22-21(3)23(25)27-24(22)26/h20-22H,4-19H2,1-3H3. The Morgan fingerprint density at radius 1 is 0.741 bits per heavy atom. The Hall–Kier alpha value is -0.860. The fraction of sp³-hybridized carbons (Fsp3) is 0.917. The number of unbranched alkanes of at least 4 members (excludes halogenated alkanes) is 13. The SMILES string of the molecule is CCCCCCCCCCCCCCCCC(C)CC1C(=O)OC(=O)C1C. The molecule has 1 aliphatic rings. The van der Waals surface area contributed by atoms with E-state index in [2.05, 4.69) is 13.8 Å². The van der Waals surface area contributed by atoms with Gasteiger partial charge in [0.25, 0.3) is 0 Å². The number of hydrogen-bond acceptors (Lipinski definition) is 3. The molecule has 0 aromatic heterocycles. The molecule has 0 N–H and O–H groups in total. The number of carbonyl (C=O) groups is 2. The first-order valence-electron chi connectivity index (χ1n) is 11.8. The number of carbonyl (C=O) groups excluding carboxylic acids is 2. The topological polar surface area (TPSA) is 43.4 Å². The van der Waals surface area contributed by atoms with Crippen molar-refractivity contribution in [3.8, 4) is 0 Å². The Kier molecular flexibility index (Phi) is 13.5. The largest absolute Gasteiger partial charge is 0.393 e. The molecule has 0 aromatic carbocycles. The van der Waals surface area contributed by atoms with Crippen molar-refractivity contribution in [1.29, 1.82) is 0 Å². The van der Waals surface area contributed by atoms with Gasteiger partial charge in [-0.2, -0.15) is 0 Å². The molecule has 1 saturated heterocycles. The first-order chi connectivity index (χ1) is 13.1. The van der Waals surface area contributed by atoms with E-state index < -0.39 is 0 Å². The molecule has 0 bridgehead atoms. The molecule has 0 aliphatic carbocycles. The average Bonchev–Trinajstić information content (AvgIpc) is 2.88. The predicted octanol–water partition coefficient (Wildman–Crippen LogP) is 7.22. The van der Waals surface area contributed by atoms with Crippen LogP contribution in [0.4, 0.5) is 0 Å². The van der Waals surface area contributed by atoms with Gasteiger partial charge in [-0.15, -0.1) is 0 Å². The third-order valence-electron chi connectivity index (χ3n) is 6.19. The second kappa shape index (κ2) is 15.1. The van der Waals surface area contributed by atoms with Crippen LogP contribution in [0.2, 0.25) is 0 Å². The van der Waals surface area contributed by atoms with Crippen molar-refractivity contribution in [3.63, 3.8) is 0 Å². The number of rotatable bonds is 17. The van der Waals surface area contributed by atoms with Gasteiger partial charge in [-0.05, 0) is 12.3 Å². The molecule has 1 rings (SSSR count). The van der Waals surface area contributed by atoms with Crippen molar-refractivity contribution in [2.24, 2.45) is 17.8 Å². The highest BCUT2D eigenvalue weighted by atomic mass is 16.6. The quantitative estimate of drug-likeness (QED) is 0.152. The van der Waals surface area contributed by atoms with E-state index in [0.717, 1.165) is 12.8 Å². The minimum atomic E-state index is -0.339. The summed E-state index contributed by atoms with van der Waals surface area (Å²) in [5.41, 5.74) is 0. The van der Waals surface area contributed by atoms with Crippen molar-refractivity contribution < 1.29 is 14.3 Å². The van der Waals surface area contributed by atoms with Crippen LogP contribution in [-0.4, -0.2) is 11.9 Å². The van der Waals surface area contributed by atoms with Gasteiger partial charge in [0, 0.05) is 0 Å². The smallest absolute Gasteiger partial charge is 0.317 e. The van der Waals surface area contributed by atoms with E-state index in [1.807, 2.05) is 6.92 Å². The van der Waals surface area contributed by atoms with Crippen LogP contribution in [0.3, 0.4) is 0 Å². The zero-order chi connectivity index (χ0) is 19.9. The maximum atomic E-state index is 11.7. The number of cyclic esters (lactones) is 2. The molecule has 3 unspecified atom stereocenters. The lowest BCUT2D eigenvalue weighted by Crippen LogP contribution is -2.17. The molecule has 0 radical (unpaired) electrons. The highest BCUT2D eigenvalue weighted by molar-refractivity contribution is 5.96. The highest BCUT2D eigenvalue weighted by Crippen LogP contribution is 2.30. The number of ether oxygens (including phenoxy) is 1. The van der Waals surface area contributed by atoms with Gasteiger partial charge in [0.2, 0.25) is 0 Å². The molecule has 1 heterocycles. The zero-order valence-corrected chi connectivity index (χ0v) is 18.3. The lowest BCUT2D eigenvalue weighted by molar-refractivity contribution is -0.153. The molecular weight excluding hydrogens is 336 g/mol. The molecule has 0 saturated carbocycles. The monoisotopic (exact) mass is 380 g/mol. The van der Waals surface area contributed by atoms with E-state index in [1.165, 1.54) is 89.9 Å². The van der Waals surface area contributed by atoms with Gasteiger partial charge < -0.3 is 4.74 Å². The zero-order valence-electron chi connectivity index (χ0n) is 18.3. The first-order valence-corrected chi connectivity index (χ1v) is 11.8. The van der Waals surface area contributed by atoms with Gasteiger partial charge in [0.1, 0.15) is 0 Å². The van der Waals surface area contributed by atoms with Crippen molar-refractivity contribution in [1.82, 2.24) is 0 Å². The molecule has 27 heavy (non-hydrogen) atoms. The van der Waals surface area contributed by atoms with Crippen LogP contribution < -0.4 is 0 Å². The Bertz CT molecular complexity index is 404. The summed E-state index contributed by atoms with van der Waals surface area (Å²) in [6.07, 6.45) is 21.3. The van der Waals surface area contributed by atoms with Crippen LogP contribution in [0.1, 0.15) is 124 Å². The van der Waals surface area contributed by atoms with Crippen LogP contribution in [0.15, 0.2) is 0 Å². The maximum Gasteiger partial charge on any atom is 0.317 e. The fourth-order valence-electron chi connectivity index (χ4n) is 4.18. The molecular formula is C24H44O3. The van der Waals surface area contributed by atoms with Crippen LogP contribution in [0, 0.1) is 17.8 Å². The molecule has 3 atom stereocenters. The van der Waals surface area contributed by atoms with Crippen molar-refractivity contribution in [3.05, 3.63) is 0 Å². The van der Waals surface area contributed by atoms with Gasteiger partial charge in [0.05, 0.1) is 11.8 Å². The Labute approximate surface area is 168 Å². The third-order valence-corrected chi connectivity index (χ3v) is 6.19. The number of hydrogen-bond donors (Lipinski definition) is 0. The summed E-state index contributed by atoms with van der Waals surface area (Å²) in [4.78, 5) is 23.1. The summed E-state index contributed by atoms with van der Waals surface area (Å²) < 4.78 is 4.74. The van der Waals surface area contributed by atoms with Crippen LogP contribution in [0.25, 0.3) is 0 Å². The van der Waals surface area contributed by atoms with E-state index in [9.17, 15) is 9.59 Å².